The SMILES string of the molecule is CCCOP(=S)(OCCC)N(C)SNCC(=O)F. The second kappa shape index (κ2) is 10.3. The molecule has 9 heteroatoms. The fourth-order valence-electron chi connectivity index (χ4n) is 0.846. The fraction of sp³-hybridized carbons (Fsp3) is 0.889. The summed E-state index contributed by atoms with van der Waals surface area (Å²) >= 11 is 6.42. The topological polar surface area (TPSA) is 50.8 Å². The molecular weight excluding hydrogens is 298 g/mol. The normalized spacial score (nSPS) is 12.1. The summed E-state index contributed by atoms with van der Waals surface area (Å²) in [5.41, 5.74) is 0. The minimum absolute atomic E-state index is 0.369. The molecule has 0 heterocycles. The molecule has 0 amide bonds. The first-order valence-corrected chi connectivity index (χ1v) is 9.04. The third-order valence-corrected chi connectivity index (χ3v) is 6.48. The molecule has 0 atom stereocenters. The van der Waals surface area contributed by atoms with Gasteiger partial charge in [0.2, 0.25) is 0 Å². The van der Waals surface area contributed by atoms with E-state index >= 15 is 0 Å². The van der Waals surface area contributed by atoms with E-state index in [-0.39, 0.29) is 6.54 Å². The van der Waals surface area contributed by atoms with Crippen molar-refractivity contribution >= 4 is 36.6 Å². The van der Waals surface area contributed by atoms with Crippen LogP contribution >= 0.6 is 18.8 Å². The summed E-state index contributed by atoms with van der Waals surface area (Å²) in [5, 5.41) is 0. The molecule has 5 nitrogen and oxygen atoms in total. The van der Waals surface area contributed by atoms with Crippen LogP contribution in [0.5, 0.6) is 0 Å². The molecule has 18 heavy (non-hydrogen) atoms. The van der Waals surface area contributed by atoms with Gasteiger partial charge in [-0.25, -0.2) is 4.72 Å². The lowest BCUT2D eigenvalue weighted by molar-refractivity contribution is -0.127. The molecule has 0 radical (unpaired) electrons. The Morgan fingerprint density at radius 3 is 2.28 bits per heavy atom. The molecule has 0 unspecified atom stereocenters. The van der Waals surface area contributed by atoms with Gasteiger partial charge in [-0.2, -0.15) is 8.47 Å². The predicted octanol–water partition coefficient (Wildman–Crippen LogP) is 2.64. The number of hydrogen-bond acceptors (Lipinski definition) is 6. The highest BCUT2D eigenvalue weighted by molar-refractivity contribution is 8.14. The number of carbonyl (C=O) groups is 1. The Balaban J connectivity index is 4.33. The second-order valence-corrected chi connectivity index (χ2v) is 8.09. The van der Waals surface area contributed by atoms with Gasteiger partial charge in [0.1, 0.15) is 0 Å². The second-order valence-electron chi connectivity index (χ2n) is 3.37. The van der Waals surface area contributed by atoms with Gasteiger partial charge in [0.25, 0.3) is 6.64 Å². The molecule has 1 N–H and O–H groups in total. The maximum atomic E-state index is 12.0. The summed E-state index contributed by atoms with van der Waals surface area (Å²) in [5.74, 6) is 0. The van der Waals surface area contributed by atoms with Gasteiger partial charge >= 0.3 is 6.04 Å². The van der Waals surface area contributed by atoms with E-state index in [9.17, 15) is 9.18 Å². The third-order valence-electron chi connectivity index (χ3n) is 1.67. The first-order valence-electron chi connectivity index (χ1n) is 5.67. The Hall–Kier alpha value is 0.440. The van der Waals surface area contributed by atoms with Gasteiger partial charge in [-0.3, -0.25) is 4.79 Å². The van der Waals surface area contributed by atoms with Crippen molar-refractivity contribution < 1.29 is 18.2 Å². The summed E-state index contributed by atoms with van der Waals surface area (Å²) in [7, 11) is 1.70. The maximum absolute atomic E-state index is 12.0. The van der Waals surface area contributed by atoms with Crippen LogP contribution < -0.4 is 4.72 Å². The summed E-state index contributed by atoms with van der Waals surface area (Å²) in [6.45, 7) is 2.03. The van der Waals surface area contributed by atoms with E-state index < -0.39 is 12.7 Å². The van der Waals surface area contributed by atoms with Crippen LogP contribution in [-0.4, -0.2) is 36.9 Å². The number of nitrogens with one attached hydrogen (secondary N) is 1. The van der Waals surface area contributed by atoms with Crippen LogP contribution in [0.1, 0.15) is 26.7 Å². The Bertz CT molecular complexity index is 285. The summed E-state index contributed by atoms with van der Waals surface area (Å²) in [6, 6.07) is -1.42. The maximum Gasteiger partial charge on any atom is 0.316 e. The number of carbonyl (C=O) groups excluding carboxylic acids is 1. The van der Waals surface area contributed by atoms with Crippen LogP contribution in [0.15, 0.2) is 0 Å². The summed E-state index contributed by atoms with van der Waals surface area (Å²) < 4.78 is 27.4. The van der Waals surface area contributed by atoms with Crippen molar-refractivity contribution in [3.05, 3.63) is 0 Å². The van der Waals surface area contributed by atoms with E-state index in [4.69, 9.17) is 20.9 Å². The lowest BCUT2D eigenvalue weighted by Crippen LogP contribution is -2.21. The Labute approximate surface area is 117 Å². The van der Waals surface area contributed by atoms with Crippen molar-refractivity contribution in [3.8, 4) is 0 Å². The predicted molar refractivity (Wildman–Crippen MR) is 76.2 cm³/mol. The van der Waals surface area contributed by atoms with Crippen LogP contribution in [0.2, 0.25) is 0 Å². The molecule has 0 rings (SSSR count). The zero-order valence-corrected chi connectivity index (χ0v) is 13.4. The number of rotatable bonds is 11. The molecule has 0 aromatic heterocycles. The van der Waals surface area contributed by atoms with Crippen LogP contribution in [0, 0.1) is 0 Å². The highest BCUT2D eigenvalue weighted by Gasteiger charge is 2.26. The molecule has 0 fully saturated rings. The van der Waals surface area contributed by atoms with Gasteiger partial charge in [0.15, 0.2) is 0 Å². The van der Waals surface area contributed by atoms with Gasteiger partial charge in [-0.1, -0.05) is 13.8 Å². The Kier molecular flexibility index (Phi) is 10.5. The van der Waals surface area contributed by atoms with Crippen LogP contribution in [0.4, 0.5) is 4.39 Å². The third kappa shape index (κ3) is 7.78. The molecule has 108 valence electrons. The smallest absolute Gasteiger partial charge is 0.316 e. The van der Waals surface area contributed by atoms with Crippen molar-refractivity contribution in [2.75, 3.05) is 26.8 Å². The van der Waals surface area contributed by atoms with E-state index in [0.717, 1.165) is 25.0 Å². The number of hydrogen-bond donors (Lipinski definition) is 1. The molecule has 0 spiro atoms. The van der Waals surface area contributed by atoms with Gasteiger partial charge in [-0.05, 0) is 24.6 Å². The molecule has 0 aliphatic heterocycles. The number of halogens is 1. The Morgan fingerprint density at radius 2 is 1.89 bits per heavy atom. The van der Waals surface area contributed by atoms with Gasteiger partial charge in [0.05, 0.1) is 19.8 Å². The zero-order chi connectivity index (χ0) is 14.0. The standard InChI is InChI=1S/C9H20FN2O3PS2/c1-4-6-14-16(17,15-7-5-2)12(3)18-11-8-9(10)13/h11H,4-8H2,1-3H3. The Morgan fingerprint density at radius 1 is 1.39 bits per heavy atom. The first-order chi connectivity index (χ1) is 8.46. The van der Waals surface area contributed by atoms with Crippen molar-refractivity contribution in [2.45, 2.75) is 26.7 Å². The molecule has 0 bridgehead atoms. The van der Waals surface area contributed by atoms with Crippen LogP contribution in [0.25, 0.3) is 0 Å². The van der Waals surface area contributed by atoms with Gasteiger partial charge in [0, 0.05) is 19.2 Å². The molecule has 0 aliphatic carbocycles. The quantitative estimate of drug-likeness (QED) is 0.357. The first kappa shape index (κ1) is 18.4. The molecular formula is C9H20FN2O3PS2. The van der Waals surface area contributed by atoms with Crippen LogP contribution in [0.3, 0.4) is 0 Å². The molecule has 0 aromatic carbocycles. The zero-order valence-electron chi connectivity index (χ0n) is 10.8. The van der Waals surface area contributed by atoms with Crippen molar-refractivity contribution in [1.82, 2.24) is 8.80 Å². The van der Waals surface area contributed by atoms with Crippen molar-refractivity contribution in [2.24, 2.45) is 0 Å². The van der Waals surface area contributed by atoms with E-state index in [1.807, 2.05) is 13.8 Å². The van der Waals surface area contributed by atoms with Gasteiger partial charge < -0.3 is 9.05 Å². The van der Waals surface area contributed by atoms with E-state index in [0.29, 0.717) is 13.2 Å². The van der Waals surface area contributed by atoms with E-state index in [1.165, 1.54) is 0 Å². The van der Waals surface area contributed by atoms with Crippen molar-refractivity contribution in [1.29, 1.82) is 0 Å². The van der Waals surface area contributed by atoms with Gasteiger partial charge in [-0.15, -0.1) is 0 Å². The largest absolute Gasteiger partial charge is 0.317 e. The van der Waals surface area contributed by atoms with E-state index in [1.54, 1.807) is 11.1 Å². The lowest BCUT2D eigenvalue weighted by atomic mass is 10.5. The highest BCUT2D eigenvalue weighted by Crippen LogP contribution is 2.54. The lowest BCUT2D eigenvalue weighted by Gasteiger charge is -2.29. The summed E-state index contributed by atoms with van der Waals surface area (Å²) in [4.78, 5) is 10.2. The molecule has 0 aromatic rings. The monoisotopic (exact) mass is 318 g/mol. The van der Waals surface area contributed by atoms with E-state index in [2.05, 4.69) is 4.72 Å². The fourth-order valence-corrected chi connectivity index (χ4v) is 4.04. The average molecular weight is 318 g/mol. The molecule has 0 saturated heterocycles. The minimum Gasteiger partial charge on any atom is -0.317 e. The molecule has 0 aliphatic rings. The summed E-state index contributed by atoms with van der Waals surface area (Å²) in [6.07, 6.45) is 1.67. The minimum atomic E-state index is -2.57. The van der Waals surface area contributed by atoms with Crippen molar-refractivity contribution in [3.63, 3.8) is 0 Å². The average Bonchev–Trinajstić information content (AvgIpc) is 2.33. The van der Waals surface area contributed by atoms with Crippen LogP contribution in [-0.2, 0) is 25.6 Å². The molecule has 0 saturated carbocycles. The number of nitrogens with zero attached hydrogens (tertiary/aromatic N) is 1. The highest BCUT2D eigenvalue weighted by atomic mass is 32.5.